The van der Waals surface area contributed by atoms with Crippen LogP contribution in [0.15, 0.2) is 18.2 Å². The van der Waals surface area contributed by atoms with Crippen molar-refractivity contribution in [3.63, 3.8) is 0 Å². The third kappa shape index (κ3) is 2.64. The largest absolute Gasteiger partial charge is 0.320 e. The summed E-state index contributed by atoms with van der Waals surface area (Å²) >= 11 is 0. The highest BCUT2D eigenvalue weighted by Gasteiger charge is 2.32. The second-order valence-corrected chi connectivity index (χ2v) is 4.72. The number of hydrogen-bond donors (Lipinski definition) is 1. The van der Waals surface area contributed by atoms with E-state index in [-0.39, 0.29) is 18.4 Å². The lowest BCUT2D eigenvalue weighted by atomic mass is 10.0. The number of hydrogen-bond acceptors (Lipinski definition) is 4. The first-order chi connectivity index (χ1) is 9.02. The summed E-state index contributed by atoms with van der Waals surface area (Å²) in [5.41, 5.74) is 7.99. The number of nitrogens with zero attached hydrogens (tertiary/aromatic N) is 2. The molecule has 1 saturated heterocycles. The lowest BCUT2D eigenvalue weighted by molar-refractivity contribution is -0.149. The van der Waals surface area contributed by atoms with Crippen molar-refractivity contribution in [3.05, 3.63) is 34.9 Å². The van der Waals surface area contributed by atoms with Gasteiger partial charge < -0.3 is 5.73 Å². The van der Waals surface area contributed by atoms with Crippen LogP contribution in [-0.4, -0.2) is 22.8 Å². The molecule has 1 aromatic rings. The van der Waals surface area contributed by atoms with E-state index < -0.39 is 6.04 Å². The van der Waals surface area contributed by atoms with E-state index in [1.807, 2.05) is 6.92 Å². The molecule has 0 spiro atoms. The van der Waals surface area contributed by atoms with Crippen LogP contribution < -0.4 is 5.73 Å². The molecule has 1 unspecified atom stereocenters. The average Bonchev–Trinajstić information content (AvgIpc) is 2.40. The predicted molar refractivity (Wildman–Crippen MR) is 68.7 cm³/mol. The molecule has 0 aliphatic carbocycles. The maximum atomic E-state index is 11.9. The van der Waals surface area contributed by atoms with Gasteiger partial charge in [-0.15, -0.1) is 0 Å². The Morgan fingerprint density at radius 3 is 2.84 bits per heavy atom. The Kier molecular flexibility index (Phi) is 3.63. The van der Waals surface area contributed by atoms with Gasteiger partial charge in [0.15, 0.2) is 0 Å². The fourth-order valence-corrected chi connectivity index (χ4v) is 2.14. The Labute approximate surface area is 111 Å². The number of amides is 2. The molecule has 5 nitrogen and oxygen atoms in total. The third-order valence-electron chi connectivity index (χ3n) is 3.35. The number of nitriles is 1. The van der Waals surface area contributed by atoms with E-state index in [9.17, 15) is 9.59 Å². The van der Waals surface area contributed by atoms with E-state index in [1.54, 1.807) is 18.2 Å². The van der Waals surface area contributed by atoms with Gasteiger partial charge >= 0.3 is 0 Å². The molecule has 1 aliphatic rings. The number of nitrogens with two attached hydrogens (primary N) is 1. The highest BCUT2D eigenvalue weighted by Crippen LogP contribution is 2.18. The maximum absolute atomic E-state index is 11.9. The molecule has 5 heteroatoms. The quantitative estimate of drug-likeness (QED) is 0.795. The smallest absolute Gasteiger partial charge is 0.246 e. The molecule has 1 aromatic carbocycles. The van der Waals surface area contributed by atoms with Crippen molar-refractivity contribution >= 4 is 11.8 Å². The number of imide groups is 1. The summed E-state index contributed by atoms with van der Waals surface area (Å²) in [5.74, 6) is -0.504. The van der Waals surface area contributed by atoms with Crippen LogP contribution in [0.4, 0.5) is 0 Å². The zero-order chi connectivity index (χ0) is 14.0. The second-order valence-electron chi connectivity index (χ2n) is 4.72. The zero-order valence-corrected chi connectivity index (χ0v) is 10.7. The predicted octanol–water partition coefficient (Wildman–Crippen LogP) is 0.843. The summed E-state index contributed by atoms with van der Waals surface area (Å²) < 4.78 is 0. The summed E-state index contributed by atoms with van der Waals surface area (Å²) in [5, 5.41) is 8.81. The first-order valence-corrected chi connectivity index (χ1v) is 6.12. The molecule has 0 saturated carbocycles. The van der Waals surface area contributed by atoms with E-state index >= 15 is 0 Å². The molecule has 2 rings (SSSR count). The maximum Gasteiger partial charge on any atom is 0.246 e. The second kappa shape index (κ2) is 5.21. The molecule has 0 radical (unpaired) electrons. The number of aryl methyl sites for hydroxylation is 1. The van der Waals surface area contributed by atoms with Crippen LogP contribution in [-0.2, 0) is 16.1 Å². The van der Waals surface area contributed by atoms with Crippen molar-refractivity contribution in [3.8, 4) is 6.07 Å². The Morgan fingerprint density at radius 1 is 1.47 bits per heavy atom. The molecule has 1 atom stereocenters. The molecule has 98 valence electrons. The topological polar surface area (TPSA) is 87.2 Å². The minimum Gasteiger partial charge on any atom is -0.320 e. The number of likely N-dealkylation sites (tertiary alicyclic amines) is 1. The Balaban J connectivity index is 2.23. The molecule has 19 heavy (non-hydrogen) atoms. The number of carbonyl (C=O) groups is 2. The molecule has 1 aliphatic heterocycles. The summed E-state index contributed by atoms with van der Waals surface area (Å²) in [6.07, 6.45) is 0.725. The van der Waals surface area contributed by atoms with Crippen molar-refractivity contribution in [1.82, 2.24) is 4.90 Å². The van der Waals surface area contributed by atoms with Crippen LogP contribution in [0.3, 0.4) is 0 Å². The van der Waals surface area contributed by atoms with Crippen molar-refractivity contribution in [2.75, 3.05) is 0 Å². The van der Waals surface area contributed by atoms with Gasteiger partial charge in [0.05, 0.1) is 24.2 Å². The number of piperidine rings is 1. The standard InChI is InChI=1S/C14H15N3O2/c1-9-6-10(7-15)2-3-11(9)8-17-13(18)5-4-12(16)14(17)19/h2-3,6,12H,4-5,8,16H2,1H3. The summed E-state index contributed by atoms with van der Waals surface area (Å²) in [7, 11) is 0. The van der Waals surface area contributed by atoms with Gasteiger partial charge in [-0.25, -0.2) is 0 Å². The third-order valence-corrected chi connectivity index (χ3v) is 3.35. The van der Waals surface area contributed by atoms with Gasteiger partial charge in [-0.05, 0) is 36.6 Å². The molecule has 0 aromatic heterocycles. The Morgan fingerprint density at radius 2 is 2.21 bits per heavy atom. The van der Waals surface area contributed by atoms with Crippen molar-refractivity contribution < 1.29 is 9.59 Å². The Hall–Kier alpha value is -2.19. The lowest BCUT2D eigenvalue weighted by Crippen LogP contribution is -2.50. The molecular weight excluding hydrogens is 242 g/mol. The summed E-state index contributed by atoms with van der Waals surface area (Å²) in [6, 6.07) is 6.67. The van der Waals surface area contributed by atoms with Crippen LogP contribution in [0.2, 0.25) is 0 Å². The highest BCUT2D eigenvalue weighted by molar-refractivity contribution is 6.00. The van der Waals surface area contributed by atoms with Gasteiger partial charge in [0.1, 0.15) is 0 Å². The minimum absolute atomic E-state index is 0.185. The number of rotatable bonds is 2. The van der Waals surface area contributed by atoms with Crippen LogP contribution in [0, 0.1) is 18.3 Å². The van der Waals surface area contributed by atoms with E-state index in [2.05, 4.69) is 6.07 Å². The van der Waals surface area contributed by atoms with Gasteiger partial charge in [-0.1, -0.05) is 6.07 Å². The van der Waals surface area contributed by atoms with E-state index in [0.29, 0.717) is 18.4 Å². The molecule has 1 heterocycles. The highest BCUT2D eigenvalue weighted by atomic mass is 16.2. The number of carbonyl (C=O) groups excluding carboxylic acids is 2. The van der Waals surface area contributed by atoms with Gasteiger partial charge in [-0.3, -0.25) is 14.5 Å². The van der Waals surface area contributed by atoms with Crippen LogP contribution in [0.25, 0.3) is 0 Å². The monoisotopic (exact) mass is 257 g/mol. The fourth-order valence-electron chi connectivity index (χ4n) is 2.14. The number of benzene rings is 1. The van der Waals surface area contributed by atoms with Crippen molar-refractivity contribution in [2.45, 2.75) is 32.4 Å². The average molecular weight is 257 g/mol. The molecule has 2 amide bonds. The van der Waals surface area contributed by atoms with Gasteiger partial charge in [0, 0.05) is 6.42 Å². The van der Waals surface area contributed by atoms with E-state index in [1.165, 1.54) is 4.90 Å². The van der Waals surface area contributed by atoms with E-state index in [0.717, 1.165) is 11.1 Å². The van der Waals surface area contributed by atoms with Crippen molar-refractivity contribution in [2.24, 2.45) is 5.73 Å². The summed E-state index contributed by atoms with van der Waals surface area (Å²) in [4.78, 5) is 24.9. The zero-order valence-electron chi connectivity index (χ0n) is 10.7. The van der Waals surface area contributed by atoms with Crippen LogP contribution >= 0.6 is 0 Å². The van der Waals surface area contributed by atoms with Gasteiger partial charge in [0.25, 0.3) is 0 Å². The van der Waals surface area contributed by atoms with Gasteiger partial charge in [0.2, 0.25) is 11.8 Å². The van der Waals surface area contributed by atoms with Crippen molar-refractivity contribution in [1.29, 1.82) is 5.26 Å². The normalized spacial score (nSPS) is 19.4. The van der Waals surface area contributed by atoms with E-state index in [4.69, 9.17) is 11.0 Å². The first-order valence-electron chi connectivity index (χ1n) is 6.12. The first kappa shape index (κ1) is 13.2. The molecule has 1 fully saturated rings. The molecule has 0 bridgehead atoms. The van der Waals surface area contributed by atoms with Crippen LogP contribution in [0.1, 0.15) is 29.5 Å². The van der Waals surface area contributed by atoms with Crippen LogP contribution in [0.5, 0.6) is 0 Å². The fraction of sp³-hybridized carbons (Fsp3) is 0.357. The SMILES string of the molecule is Cc1cc(C#N)ccc1CN1C(=O)CCC(N)C1=O. The van der Waals surface area contributed by atoms with Gasteiger partial charge in [-0.2, -0.15) is 5.26 Å². The molecular formula is C14H15N3O2. The lowest BCUT2D eigenvalue weighted by Gasteiger charge is -2.29. The minimum atomic E-state index is -0.587. The molecule has 2 N–H and O–H groups in total. The Bertz CT molecular complexity index is 575. The summed E-state index contributed by atoms with van der Waals surface area (Å²) in [6.45, 7) is 2.08.